The van der Waals surface area contributed by atoms with Gasteiger partial charge >= 0.3 is 0 Å². The SMILES string of the molecule is N#Cc1ccc(-c2ccc(-c3ccc4c(c3)-c3cccc5cccc-4c35)cc2)c(-c2cccc(-c3ccc(-c4nc(-c5ccccc5)nc(-c5cccc(-c6ccccc6)c5)n4)cc3)c2)c1. The van der Waals surface area contributed by atoms with Crippen molar-refractivity contribution in [1.82, 2.24) is 15.0 Å². The average Bonchev–Trinajstić information content (AvgIpc) is 3.73. The van der Waals surface area contributed by atoms with Gasteiger partial charge in [0.25, 0.3) is 0 Å². The van der Waals surface area contributed by atoms with Gasteiger partial charge in [-0.1, -0.05) is 200 Å². The number of benzene rings is 10. The molecule has 11 aromatic rings. The summed E-state index contributed by atoms with van der Waals surface area (Å²) in [5, 5.41) is 12.6. The number of nitriles is 1. The molecule has 4 nitrogen and oxygen atoms in total. The molecule has 10 aromatic carbocycles. The molecule has 4 heteroatoms. The van der Waals surface area contributed by atoms with Gasteiger partial charge in [-0.2, -0.15) is 5.26 Å². The van der Waals surface area contributed by atoms with E-state index in [1.165, 1.54) is 38.6 Å². The zero-order chi connectivity index (χ0) is 44.0. The van der Waals surface area contributed by atoms with Gasteiger partial charge in [0.2, 0.25) is 0 Å². The van der Waals surface area contributed by atoms with E-state index in [1.807, 2.05) is 48.5 Å². The number of aromatic nitrogens is 3. The van der Waals surface area contributed by atoms with Crippen molar-refractivity contribution in [3.63, 3.8) is 0 Å². The lowest BCUT2D eigenvalue weighted by Gasteiger charge is -2.14. The fraction of sp³-hybridized carbons (Fsp3) is 0. The normalized spacial score (nSPS) is 11.3. The molecule has 1 aromatic heterocycles. The molecule has 0 aliphatic heterocycles. The van der Waals surface area contributed by atoms with Crippen molar-refractivity contribution in [1.29, 1.82) is 5.26 Å². The summed E-state index contributed by atoms with van der Waals surface area (Å²) in [7, 11) is 0. The molecule has 1 aliphatic rings. The second-order valence-corrected chi connectivity index (χ2v) is 16.7. The van der Waals surface area contributed by atoms with E-state index in [1.54, 1.807) is 0 Å². The van der Waals surface area contributed by atoms with Crippen LogP contribution in [0, 0.1) is 11.3 Å². The van der Waals surface area contributed by atoms with Crippen molar-refractivity contribution in [2.75, 3.05) is 0 Å². The molecule has 0 amide bonds. The van der Waals surface area contributed by atoms with Gasteiger partial charge < -0.3 is 0 Å². The van der Waals surface area contributed by atoms with E-state index >= 15 is 0 Å². The van der Waals surface area contributed by atoms with Gasteiger partial charge in [0.15, 0.2) is 17.5 Å². The molecule has 0 unspecified atom stereocenters. The summed E-state index contributed by atoms with van der Waals surface area (Å²) >= 11 is 0. The first-order valence-corrected chi connectivity index (χ1v) is 22.1. The Bertz CT molecular complexity index is 3680. The van der Waals surface area contributed by atoms with Gasteiger partial charge in [0.1, 0.15) is 0 Å². The summed E-state index contributed by atoms with van der Waals surface area (Å²) in [4.78, 5) is 15.0. The Balaban J connectivity index is 0.856. The van der Waals surface area contributed by atoms with Crippen molar-refractivity contribution in [2.45, 2.75) is 0 Å². The summed E-state index contributed by atoms with van der Waals surface area (Å²) in [5.74, 6) is 1.84. The van der Waals surface area contributed by atoms with E-state index in [2.05, 4.69) is 188 Å². The molecule has 0 saturated heterocycles. The number of rotatable bonds is 8. The molecule has 0 spiro atoms. The lowest BCUT2D eigenvalue weighted by atomic mass is 9.90. The molecule has 12 rings (SSSR count). The zero-order valence-electron chi connectivity index (χ0n) is 35.7. The Kier molecular flexibility index (Phi) is 9.51. The van der Waals surface area contributed by atoms with Crippen LogP contribution in [0.5, 0.6) is 0 Å². The molecule has 0 bridgehead atoms. The smallest absolute Gasteiger partial charge is 0.164 e. The van der Waals surface area contributed by atoms with E-state index in [4.69, 9.17) is 15.0 Å². The fourth-order valence-corrected chi connectivity index (χ4v) is 9.41. The lowest BCUT2D eigenvalue weighted by Crippen LogP contribution is -2.00. The maximum atomic E-state index is 10.0. The van der Waals surface area contributed by atoms with Crippen LogP contribution in [-0.2, 0) is 0 Å². The molecule has 306 valence electrons. The predicted octanol–water partition coefficient (Wildman–Crippen LogP) is 15.9. The number of hydrogen-bond donors (Lipinski definition) is 0. The van der Waals surface area contributed by atoms with E-state index in [-0.39, 0.29) is 0 Å². The first-order valence-electron chi connectivity index (χ1n) is 22.1. The minimum absolute atomic E-state index is 0.604. The molecular formula is C62H38N4. The zero-order valence-corrected chi connectivity index (χ0v) is 35.7. The highest BCUT2D eigenvalue weighted by Gasteiger charge is 2.22. The summed E-state index contributed by atoms with van der Waals surface area (Å²) < 4.78 is 0. The van der Waals surface area contributed by atoms with E-state index < -0.39 is 0 Å². The van der Waals surface area contributed by atoms with Crippen LogP contribution >= 0.6 is 0 Å². The molecule has 0 radical (unpaired) electrons. The maximum Gasteiger partial charge on any atom is 0.164 e. The van der Waals surface area contributed by atoms with Crippen LogP contribution in [0.25, 0.3) is 123 Å². The molecule has 0 N–H and O–H groups in total. The third-order valence-electron chi connectivity index (χ3n) is 12.7. The van der Waals surface area contributed by atoms with Crippen LogP contribution in [0.15, 0.2) is 231 Å². The Labute approximate surface area is 383 Å². The summed E-state index contributed by atoms with van der Waals surface area (Å²) in [6, 6.07) is 82.9. The number of hydrogen-bond acceptors (Lipinski definition) is 4. The standard InChI is InChI=1S/C62H38N4/c63-39-40-23-33-53(44-28-24-43(25-29-44)50-32-34-54-55-21-9-15-45-16-10-22-56(59(45)55)58(54)38-50)57(35-40)51-19-7-17-48(36-51)42-26-30-47(31-27-42)61-64-60(46-13-5-2-6-14-46)65-62(66-61)52-20-8-18-49(37-52)41-11-3-1-4-12-41/h1-38H. The maximum absolute atomic E-state index is 10.0. The van der Waals surface area contributed by atoms with Crippen LogP contribution in [0.4, 0.5) is 0 Å². The first kappa shape index (κ1) is 38.6. The van der Waals surface area contributed by atoms with Gasteiger partial charge in [0.05, 0.1) is 11.6 Å². The van der Waals surface area contributed by atoms with Crippen LogP contribution < -0.4 is 0 Å². The highest BCUT2D eigenvalue weighted by molar-refractivity contribution is 6.15. The van der Waals surface area contributed by atoms with Crippen LogP contribution in [0.2, 0.25) is 0 Å². The monoisotopic (exact) mass is 838 g/mol. The topological polar surface area (TPSA) is 62.5 Å². The summed E-state index contributed by atoms with van der Waals surface area (Å²) in [5.41, 5.74) is 19.4. The van der Waals surface area contributed by atoms with Crippen molar-refractivity contribution < 1.29 is 0 Å². The second-order valence-electron chi connectivity index (χ2n) is 16.7. The fourth-order valence-electron chi connectivity index (χ4n) is 9.41. The number of fused-ring (bicyclic) bond motifs is 3. The second kappa shape index (κ2) is 16.3. The minimum atomic E-state index is 0.604. The van der Waals surface area contributed by atoms with E-state index in [0.29, 0.717) is 23.0 Å². The minimum Gasteiger partial charge on any atom is -0.208 e. The predicted molar refractivity (Wildman–Crippen MR) is 270 cm³/mol. The van der Waals surface area contributed by atoms with Crippen molar-refractivity contribution in [3.8, 4) is 118 Å². The first-order chi connectivity index (χ1) is 32.6. The van der Waals surface area contributed by atoms with Crippen LogP contribution in [0.1, 0.15) is 5.56 Å². The van der Waals surface area contributed by atoms with Crippen LogP contribution in [-0.4, -0.2) is 15.0 Å². The largest absolute Gasteiger partial charge is 0.208 e. The Morgan fingerprint density at radius 1 is 0.258 bits per heavy atom. The van der Waals surface area contributed by atoms with Crippen molar-refractivity contribution >= 4 is 10.8 Å². The third kappa shape index (κ3) is 7.02. The quantitative estimate of drug-likeness (QED) is 0.153. The third-order valence-corrected chi connectivity index (χ3v) is 12.7. The van der Waals surface area contributed by atoms with Gasteiger partial charge in [-0.05, 0) is 119 Å². The van der Waals surface area contributed by atoms with Crippen molar-refractivity contribution in [3.05, 3.63) is 236 Å². The molecule has 1 heterocycles. The molecular weight excluding hydrogens is 801 g/mol. The highest BCUT2D eigenvalue weighted by Crippen LogP contribution is 2.48. The molecule has 66 heavy (non-hydrogen) atoms. The van der Waals surface area contributed by atoms with Gasteiger partial charge in [-0.15, -0.1) is 0 Å². The lowest BCUT2D eigenvalue weighted by molar-refractivity contribution is 1.07. The molecule has 0 atom stereocenters. The Morgan fingerprint density at radius 3 is 1.35 bits per heavy atom. The summed E-state index contributed by atoms with van der Waals surface area (Å²) in [6.07, 6.45) is 0. The van der Waals surface area contributed by atoms with Gasteiger partial charge in [-0.3, -0.25) is 0 Å². The molecule has 0 fully saturated rings. The Hall–Kier alpha value is -9.04. The van der Waals surface area contributed by atoms with Gasteiger partial charge in [-0.25, -0.2) is 15.0 Å². The van der Waals surface area contributed by atoms with E-state index in [9.17, 15) is 5.26 Å². The average molecular weight is 839 g/mol. The van der Waals surface area contributed by atoms with Crippen LogP contribution in [0.3, 0.4) is 0 Å². The Morgan fingerprint density at radius 2 is 0.697 bits per heavy atom. The number of nitrogens with zero attached hydrogens (tertiary/aromatic N) is 4. The highest BCUT2D eigenvalue weighted by atomic mass is 15.0. The van der Waals surface area contributed by atoms with Gasteiger partial charge in [0, 0.05) is 16.7 Å². The van der Waals surface area contributed by atoms with E-state index in [0.717, 1.165) is 66.8 Å². The summed E-state index contributed by atoms with van der Waals surface area (Å²) in [6.45, 7) is 0. The molecule has 1 aliphatic carbocycles. The van der Waals surface area contributed by atoms with Crippen molar-refractivity contribution in [2.24, 2.45) is 0 Å². The molecule has 0 saturated carbocycles.